The minimum atomic E-state index is -0.445. The minimum Gasteiger partial charge on any atom is -0.394 e. The second-order valence-corrected chi connectivity index (χ2v) is 6.29. The molecule has 2 N–H and O–H groups in total. The van der Waals surface area contributed by atoms with Gasteiger partial charge in [0.1, 0.15) is 5.69 Å². The first-order chi connectivity index (χ1) is 11.2. The molecule has 3 rings (SSSR count). The van der Waals surface area contributed by atoms with Crippen LogP contribution in [0, 0.1) is 6.92 Å². The van der Waals surface area contributed by atoms with Crippen LogP contribution in [-0.2, 0) is 0 Å². The van der Waals surface area contributed by atoms with Crippen LogP contribution < -0.4 is 5.32 Å². The third-order valence-electron chi connectivity index (χ3n) is 3.52. The van der Waals surface area contributed by atoms with Crippen molar-refractivity contribution in [3.05, 3.63) is 71.0 Å². The summed E-state index contributed by atoms with van der Waals surface area (Å²) in [6.45, 7) is 1.71. The molecule has 0 radical (unpaired) electrons. The highest BCUT2D eigenvalue weighted by Crippen LogP contribution is 2.22. The minimum absolute atomic E-state index is 0.163. The van der Waals surface area contributed by atoms with Crippen molar-refractivity contribution in [2.24, 2.45) is 0 Å². The summed E-state index contributed by atoms with van der Waals surface area (Å²) in [4.78, 5) is 17.8. The lowest BCUT2D eigenvalue weighted by Gasteiger charge is -2.16. The molecule has 118 valence electrons. The number of hydrogen-bond donors (Lipinski definition) is 2. The molecule has 2 heterocycles. The van der Waals surface area contributed by atoms with E-state index in [4.69, 9.17) is 0 Å². The lowest BCUT2D eigenvalue weighted by atomic mass is 10.1. The van der Waals surface area contributed by atoms with E-state index in [9.17, 15) is 9.90 Å². The molecule has 0 aliphatic heterocycles. The van der Waals surface area contributed by atoms with Crippen LogP contribution in [0.15, 0.2) is 54.9 Å². The second-order valence-electron chi connectivity index (χ2n) is 5.11. The Labute approximate surface area is 138 Å². The van der Waals surface area contributed by atoms with Gasteiger partial charge in [-0.2, -0.15) is 0 Å². The number of hydrogen-bond acceptors (Lipinski definition) is 4. The van der Waals surface area contributed by atoms with Gasteiger partial charge in [0.05, 0.1) is 12.6 Å². The molecule has 0 spiro atoms. The zero-order valence-corrected chi connectivity index (χ0v) is 13.5. The summed E-state index contributed by atoms with van der Waals surface area (Å²) in [6, 6.07) is 12.8. The summed E-state index contributed by atoms with van der Waals surface area (Å²) in [5.41, 5.74) is 1.26. The van der Waals surface area contributed by atoms with Crippen LogP contribution in [0.5, 0.6) is 0 Å². The number of aromatic nitrogens is 2. The molecule has 23 heavy (non-hydrogen) atoms. The molecule has 5 nitrogen and oxygen atoms in total. The Morgan fingerprint density at radius 1 is 1.26 bits per heavy atom. The Hall–Kier alpha value is -2.44. The molecular weight excluding hydrogens is 310 g/mol. The Balaban J connectivity index is 1.80. The Bertz CT molecular complexity index is 782. The number of aryl methyl sites for hydroxylation is 1. The van der Waals surface area contributed by atoms with Gasteiger partial charge in [0.2, 0.25) is 0 Å². The van der Waals surface area contributed by atoms with Crippen molar-refractivity contribution in [1.82, 2.24) is 14.9 Å². The molecule has 1 unspecified atom stereocenters. The quantitative estimate of drug-likeness (QED) is 0.757. The van der Waals surface area contributed by atoms with E-state index in [1.807, 2.05) is 66.3 Å². The summed E-state index contributed by atoms with van der Waals surface area (Å²) in [5, 5.41) is 13.2. The van der Waals surface area contributed by atoms with Crippen molar-refractivity contribution in [2.45, 2.75) is 13.0 Å². The predicted octanol–water partition coefficient (Wildman–Crippen LogP) is 2.71. The molecule has 0 saturated carbocycles. The van der Waals surface area contributed by atoms with Crippen molar-refractivity contribution in [2.75, 3.05) is 6.61 Å². The van der Waals surface area contributed by atoms with Crippen molar-refractivity contribution >= 4 is 17.2 Å². The van der Waals surface area contributed by atoms with E-state index >= 15 is 0 Å². The van der Waals surface area contributed by atoms with E-state index in [-0.39, 0.29) is 12.5 Å². The molecule has 2 aromatic heterocycles. The third-order valence-corrected chi connectivity index (χ3v) is 4.50. The number of nitrogens with one attached hydrogen (secondary N) is 1. The average Bonchev–Trinajstić information content (AvgIpc) is 3.22. The zero-order chi connectivity index (χ0) is 16.2. The molecule has 0 bridgehead atoms. The topological polar surface area (TPSA) is 67.2 Å². The molecule has 0 fully saturated rings. The van der Waals surface area contributed by atoms with E-state index in [1.54, 1.807) is 0 Å². The maximum Gasteiger partial charge on any atom is 0.271 e. The van der Waals surface area contributed by atoms with Gasteiger partial charge >= 0.3 is 0 Å². The van der Waals surface area contributed by atoms with E-state index in [0.29, 0.717) is 5.69 Å². The number of amides is 1. The van der Waals surface area contributed by atoms with Gasteiger partial charge in [0, 0.05) is 17.3 Å². The van der Waals surface area contributed by atoms with Crippen molar-refractivity contribution in [1.29, 1.82) is 0 Å². The second kappa shape index (κ2) is 6.76. The predicted molar refractivity (Wildman–Crippen MR) is 89.9 cm³/mol. The van der Waals surface area contributed by atoms with Crippen LogP contribution in [0.4, 0.5) is 0 Å². The highest BCUT2D eigenvalue weighted by molar-refractivity contribution is 7.14. The number of thiazole rings is 1. The molecule has 1 atom stereocenters. The summed E-state index contributed by atoms with van der Waals surface area (Å²) >= 11 is 1.46. The van der Waals surface area contributed by atoms with Gasteiger partial charge in [-0.05, 0) is 24.6 Å². The average molecular weight is 327 g/mol. The van der Waals surface area contributed by atoms with Crippen LogP contribution in [-0.4, -0.2) is 27.2 Å². The van der Waals surface area contributed by atoms with E-state index in [0.717, 1.165) is 15.6 Å². The Kier molecular flexibility index (Phi) is 4.55. The normalized spacial score (nSPS) is 12.1. The maximum atomic E-state index is 12.5. The molecular formula is C17H17N3O2S. The SMILES string of the molecule is Cc1sc(-n2cccc2)nc1C(=O)NC(CO)c1ccccc1. The highest BCUT2D eigenvalue weighted by Gasteiger charge is 2.20. The fourth-order valence-corrected chi connectivity index (χ4v) is 3.18. The smallest absolute Gasteiger partial charge is 0.271 e. The maximum absolute atomic E-state index is 12.5. The molecule has 1 aromatic carbocycles. The fraction of sp³-hybridized carbons (Fsp3) is 0.176. The fourth-order valence-electron chi connectivity index (χ4n) is 2.31. The first-order valence-electron chi connectivity index (χ1n) is 7.26. The zero-order valence-electron chi connectivity index (χ0n) is 12.6. The number of nitrogens with zero attached hydrogens (tertiary/aromatic N) is 2. The Morgan fingerprint density at radius 2 is 1.96 bits per heavy atom. The van der Waals surface area contributed by atoms with Crippen molar-refractivity contribution in [3.63, 3.8) is 0 Å². The van der Waals surface area contributed by atoms with Gasteiger partial charge < -0.3 is 15.0 Å². The van der Waals surface area contributed by atoms with Crippen LogP contribution in [0.2, 0.25) is 0 Å². The highest BCUT2D eigenvalue weighted by atomic mass is 32.1. The van der Waals surface area contributed by atoms with Crippen LogP contribution >= 0.6 is 11.3 Å². The monoisotopic (exact) mass is 327 g/mol. The summed E-state index contributed by atoms with van der Waals surface area (Å²) in [7, 11) is 0. The number of aliphatic hydroxyl groups is 1. The molecule has 6 heteroatoms. The summed E-state index contributed by atoms with van der Waals surface area (Å²) in [6.07, 6.45) is 3.78. The van der Waals surface area contributed by atoms with Gasteiger partial charge in [-0.15, -0.1) is 11.3 Å². The largest absolute Gasteiger partial charge is 0.394 e. The van der Waals surface area contributed by atoms with Crippen LogP contribution in [0.25, 0.3) is 5.13 Å². The first kappa shape index (κ1) is 15.5. The molecule has 3 aromatic rings. The number of carbonyl (C=O) groups is 1. The van der Waals surface area contributed by atoms with E-state index in [1.165, 1.54) is 11.3 Å². The van der Waals surface area contributed by atoms with E-state index < -0.39 is 6.04 Å². The van der Waals surface area contributed by atoms with Gasteiger partial charge in [-0.3, -0.25) is 4.79 Å². The number of aliphatic hydroxyl groups excluding tert-OH is 1. The summed E-state index contributed by atoms with van der Waals surface area (Å²) < 4.78 is 1.87. The van der Waals surface area contributed by atoms with Gasteiger partial charge in [0.25, 0.3) is 5.91 Å². The third kappa shape index (κ3) is 3.33. The Morgan fingerprint density at radius 3 is 2.61 bits per heavy atom. The van der Waals surface area contributed by atoms with Crippen LogP contribution in [0.3, 0.4) is 0 Å². The van der Waals surface area contributed by atoms with Gasteiger partial charge in [-0.1, -0.05) is 30.3 Å². The summed E-state index contributed by atoms with van der Waals surface area (Å²) in [5.74, 6) is -0.278. The number of rotatable bonds is 5. The lowest BCUT2D eigenvalue weighted by molar-refractivity contribution is 0.0911. The molecule has 1 amide bonds. The van der Waals surface area contributed by atoms with E-state index in [2.05, 4.69) is 10.3 Å². The van der Waals surface area contributed by atoms with Gasteiger partial charge in [0.15, 0.2) is 5.13 Å². The number of benzene rings is 1. The number of carbonyl (C=O) groups excluding carboxylic acids is 1. The van der Waals surface area contributed by atoms with Crippen molar-refractivity contribution in [3.8, 4) is 5.13 Å². The lowest BCUT2D eigenvalue weighted by Crippen LogP contribution is -2.31. The molecule has 0 aliphatic carbocycles. The van der Waals surface area contributed by atoms with Crippen LogP contribution in [0.1, 0.15) is 27.0 Å². The molecule has 0 saturated heterocycles. The molecule has 0 aliphatic rings. The standard InChI is InChI=1S/C17H17N3O2S/c1-12-15(19-17(23-12)20-9-5-6-10-20)16(22)18-14(11-21)13-7-3-2-4-8-13/h2-10,14,21H,11H2,1H3,(H,18,22). The first-order valence-corrected chi connectivity index (χ1v) is 8.08. The van der Waals surface area contributed by atoms with Gasteiger partial charge in [-0.25, -0.2) is 4.98 Å². The van der Waals surface area contributed by atoms with Crippen molar-refractivity contribution < 1.29 is 9.90 Å².